The summed E-state index contributed by atoms with van der Waals surface area (Å²) in [6.45, 7) is 1.82. The molecule has 8 heteroatoms. The molecule has 0 radical (unpaired) electrons. The number of rotatable bonds is 5. The van der Waals surface area contributed by atoms with Crippen molar-refractivity contribution in [3.8, 4) is 0 Å². The molecule has 0 unspecified atom stereocenters. The van der Waals surface area contributed by atoms with Gasteiger partial charge in [0, 0.05) is 31.1 Å². The Morgan fingerprint density at radius 3 is 2.96 bits per heavy atom. The summed E-state index contributed by atoms with van der Waals surface area (Å²) in [6, 6.07) is 5.52. The van der Waals surface area contributed by atoms with Gasteiger partial charge in [0.1, 0.15) is 11.1 Å². The first-order chi connectivity index (χ1) is 12.1. The fraction of sp³-hybridized carbons (Fsp3) is 0.176. The van der Waals surface area contributed by atoms with Crippen molar-refractivity contribution < 1.29 is 9.21 Å². The molecule has 3 rings (SSSR count). The maximum absolute atomic E-state index is 12.6. The number of benzene rings is 1. The van der Waals surface area contributed by atoms with Crippen LogP contribution in [0.2, 0.25) is 0 Å². The quantitative estimate of drug-likeness (QED) is 0.528. The molecule has 2 aromatic heterocycles. The predicted octanol–water partition coefficient (Wildman–Crippen LogP) is 1.79. The van der Waals surface area contributed by atoms with Crippen LogP contribution in [0.15, 0.2) is 33.7 Å². The third-order valence-electron chi connectivity index (χ3n) is 3.95. The highest BCUT2D eigenvalue weighted by Gasteiger charge is 2.21. The lowest BCUT2D eigenvalue weighted by molar-refractivity contribution is 0.0950. The molecular weight excluding hydrogens is 322 g/mol. The summed E-state index contributed by atoms with van der Waals surface area (Å²) in [5.74, 6) is -0.103. The van der Waals surface area contributed by atoms with Gasteiger partial charge < -0.3 is 25.4 Å². The molecule has 4 N–H and O–H groups in total. The van der Waals surface area contributed by atoms with Crippen molar-refractivity contribution in [2.24, 2.45) is 0 Å². The van der Waals surface area contributed by atoms with E-state index in [0.29, 0.717) is 11.3 Å². The van der Waals surface area contributed by atoms with Crippen molar-refractivity contribution >= 4 is 28.9 Å². The van der Waals surface area contributed by atoms with Crippen molar-refractivity contribution in [3.05, 3.63) is 57.3 Å². The Morgan fingerprint density at radius 1 is 1.44 bits per heavy atom. The molecule has 0 bridgehead atoms. The molecule has 0 atom stereocenters. The Hall–Kier alpha value is -3.42. The number of anilines is 1. The molecule has 1 aromatic carbocycles. The number of aryl methyl sites for hydroxylation is 1. The lowest BCUT2D eigenvalue weighted by atomic mass is 10.1. The second kappa shape index (κ2) is 6.60. The number of nitrogens with zero attached hydrogens (tertiary/aromatic N) is 1. The standard InChI is InChI=1S/C17H17N5O3/c1-9-13(14-16(24)21-8-22-17(14)25-9)15(23)20-7-10-4-3-5-12(19-2)11(10)6-18/h3-6,8,18-19H,7H2,1-2H3,(H,20,23)(H,21,22,24). The van der Waals surface area contributed by atoms with Crippen molar-refractivity contribution in [1.29, 1.82) is 5.41 Å². The van der Waals surface area contributed by atoms with E-state index in [1.807, 2.05) is 18.2 Å². The van der Waals surface area contributed by atoms with Crippen LogP contribution in [0.4, 0.5) is 5.69 Å². The number of carbonyl (C=O) groups excluding carboxylic acids is 1. The van der Waals surface area contributed by atoms with Crippen LogP contribution in [0.3, 0.4) is 0 Å². The van der Waals surface area contributed by atoms with Gasteiger partial charge in [0.15, 0.2) is 0 Å². The van der Waals surface area contributed by atoms with E-state index in [-0.39, 0.29) is 23.2 Å². The van der Waals surface area contributed by atoms with Gasteiger partial charge in [-0.15, -0.1) is 0 Å². The zero-order valence-corrected chi connectivity index (χ0v) is 13.8. The first kappa shape index (κ1) is 16.4. The summed E-state index contributed by atoms with van der Waals surface area (Å²) in [6.07, 6.45) is 2.47. The fourth-order valence-electron chi connectivity index (χ4n) is 2.75. The van der Waals surface area contributed by atoms with Gasteiger partial charge in [-0.25, -0.2) is 4.98 Å². The molecule has 0 spiro atoms. The first-order valence-corrected chi connectivity index (χ1v) is 7.62. The highest BCUT2D eigenvalue weighted by atomic mass is 16.3. The number of amides is 1. The third kappa shape index (κ3) is 2.89. The molecule has 0 aliphatic rings. The highest BCUT2D eigenvalue weighted by molar-refractivity contribution is 6.06. The normalized spacial score (nSPS) is 10.6. The summed E-state index contributed by atoms with van der Waals surface area (Å²) in [5.41, 5.74) is 2.15. The molecule has 3 aromatic rings. The topological polar surface area (TPSA) is 124 Å². The molecule has 1 amide bonds. The predicted molar refractivity (Wildman–Crippen MR) is 94.4 cm³/mol. The van der Waals surface area contributed by atoms with Gasteiger partial charge >= 0.3 is 0 Å². The SMILES string of the molecule is CNc1cccc(CNC(=O)c2c(C)oc3nc[nH]c(=O)c23)c1C=N. The van der Waals surface area contributed by atoms with E-state index < -0.39 is 11.5 Å². The molecule has 0 fully saturated rings. The van der Waals surface area contributed by atoms with Gasteiger partial charge in [-0.05, 0) is 18.6 Å². The Balaban J connectivity index is 1.91. The van der Waals surface area contributed by atoms with E-state index in [4.69, 9.17) is 9.83 Å². The van der Waals surface area contributed by atoms with Gasteiger partial charge in [0.2, 0.25) is 5.71 Å². The van der Waals surface area contributed by atoms with Crippen LogP contribution in [0, 0.1) is 12.3 Å². The van der Waals surface area contributed by atoms with Gasteiger partial charge in [0.25, 0.3) is 11.5 Å². The minimum absolute atomic E-state index is 0.128. The summed E-state index contributed by atoms with van der Waals surface area (Å²) >= 11 is 0. The van der Waals surface area contributed by atoms with E-state index in [1.54, 1.807) is 14.0 Å². The summed E-state index contributed by atoms with van der Waals surface area (Å²) in [5, 5.41) is 13.5. The summed E-state index contributed by atoms with van der Waals surface area (Å²) in [4.78, 5) is 31.0. The fourth-order valence-corrected chi connectivity index (χ4v) is 2.75. The molecular formula is C17H17N5O3. The van der Waals surface area contributed by atoms with E-state index in [1.165, 1.54) is 12.5 Å². The molecule has 0 aliphatic heterocycles. The van der Waals surface area contributed by atoms with Crippen molar-refractivity contribution in [2.45, 2.75) is 13.5 Å². The second-order valence-corrected chi connectivity index (χ2v) is 5.40. The number of furan rings is 1. The smallest absolute Gasteiger partial charge is 0.262 e. The Kier molecular flexibility index (Phi) is 4.34. The number of H-pyrrole nitrogens is 1. The molecule has 0 saturated carbocycles. The van der Waals surface area contributed by atoms with E-state index in [9.17, 15) is 9.59 Å². The number of aromatic amines is 1. The average molecular weight is 339 g/mol. The zero-order chi connectivity index (χ0) is 18.0. The number of nitrogens with one attached hydrogen (secondary N) is 4. The van der Waals surface area contributed by atoms with Crippen LogP contribution in [0.25, 0.3) is 11.1 Å². The van der Waals surface area contributed by atoms with Gasteiger partial charge in [-0.3, -0.25) is 9.59 Å². The van der Waals surface area contributed by atoms with E-state index in [0.717, 1.165) is 11.3 Å². The minimum atomic E-state index is -0.430. The minimum Gasteiger partial charge on any atom is -0.442 e. The average Bonchev–Trinajstić information content (AvgIpc) is 2.96. The van der Waals surface area contributed by atoms with E-state index in [2.05, 4.69) is 20.6 Å². The highest BCUT2D eigenvalue weighted by Crippen LogP contribution is 2.21. The molecule has 0 saturated heterocycles. The van der Waals surface area contributed by atoms with Crippen molar-refractivity contribution in [1.82, 2.24) is 15.3 Å². The maximum Gasteiger partial charge on any atom is 0.262 e. The molecule has 128 valence electrons. The van der Waals surface area contributed by atoms with Gasteiger partial charge in [-0.2, -0.15) is 0 Å². The van der Waals surface area contributed by atoms with Crippen molar-refractivity contribution in [3.63, 3.8) is 0 Å². The first-order valence-electron chi connectivity index (χ1n) is 7.62. The zero-order valence-electron chi connectivity index (χ0n) is 13.8. The maximum atomic E-state index is 12.6. The lowest BCUT2D eigenvalue weighted by Gasteiger charge is -2.11. The number of hydrogen-bond acceptors (Lipinski definition) is 6. The molecule has 25 heavy (non-hydrogen) atoms. The summed E-state index contributed by atoms with van der Waals surface area (Å²) in [7, 11) is 1.77. The Bertz CT molecular complexity index is 1020. The van der Waals surface area contributed by atoms with Gasteiger partial charge in [0.05, 0.1) is 11.9 Å². The largest absolute Gasteiger partial charge is 0.442 e. The van der Waals surface area contributed by atoms with Crippen LogP contribution < -0.4 is 16.2 Å². The Morgan fingerprint density at radius 2 is 2.24 bits per heavy atom. The monoisotopic (exact) mass is 339 g/mol. The van der Waals surface area contributed by atoms with Crippen molar-refractivity contribution in [2.75, 3.05) is 12.4 Å². The van der Waals surface area contributed by atoms with Crippen LogP contribution in [0.5, 0.6) is 0 Å². The molecule has 0 aliphatic carbocycles. The van der Waals surface area contributed by atoms with Crippen LogP contribution in [-0.4, -0.2) is 29.1 Å². The third-order valence-corrected chi connectivity index (χ3v) is 3.95. The van der Waals surface area contributed by atoms with Gasteiger partial charge in [-0.1, -0.05) is 12.1 Å². The van der Waals surface area contributed by atoms with Crippen LogP contribution >= 0.6 is 0 Å². The van der Waals surface area contributed by atoms with E-state index >= 15 is 0 Å². The van der Waals surface area contributed by atoms with Crippen LogP contribution in [-0.2, 0) is 6.54 Å². The number of aromatic nitrogens is 2. The number of fused-ring (bicyclic) bond motifs is 1. The van der Waals surface area contributed by atoms with Crippen LogP contribution in [0.1, 0.15) is 27.2 Å². The Labute approximate surface area is 142 Å². The lowest BCUT2D eigenvalue weighted by Crippen LogP contribution is -2.25. The summed E-state index contributed by atoms with van der Waals surface area (Å²) < 4.78 is 5.40. The number of carbonyl (C=O) groups is 1. The molecule has 8 nitrogen and oxygen atoms in total. The molecule has 2 heterocycles. The number of hydrogen-bond donors (Lipinski definition) is 4. The second-order valence-electron chi connectivity index (χ2n) is 5.40.